The number of benzene rings is 1. The molecule has 0 aliphatic heterocycles. The van der Waals surface area contributed by atoms with Crippen LogP contribution in [0, 0.1) is 0 Å². The molecule has 3 rings (SSSR count). The highest BCUT2D eigenvalue weighted by Crippen LogP contribution is 2.40. The van der Waals surface area contributed by atoms with Gasteiger partial charge in [-0.2, -0.15) is 0 Å². The number of hydrogen-bond acceptors (Lipinski definition) is 4. The molecule has 1 saturated carbocycles. The molecule has 100 valence electrons. The van der Waals surface area contributed by atoms with Gasteiger partial charge in [0.25, 0.3) is 0 Å². The van der Waals surface area contributed by atoms with Crippen LogP contribution in [0.1, 0.15) is 18.9 Å². The number of anilines is 1. The van der Waals surface area contributed by atoms with E-state index in [0.717, 1.165) is 17.1 Å². The maximum Gasteiger partial charge on any atom is 0.161 e. The number of methoxy groups -OCH3 is 2. The quantitative estimate of drug-likeness (QED) is 0.916. The van der Waals surface area contributed by atoms with Gasteiger partial charge < -0.3 is 19.8 Å². The summed E-state index contributed by atoms with van der Waals surface area (Å²) < 4.78 is 12.6. The normalized spacial score (nSPS) is 14.4. The molecule has 19 heavy (non-hydrogen) atoms. The van der Waals surface area contributed by atoms with Crippen molar-refractivity contribution in [3.05, 3.63) is 24.5 Å². The van der Waals surface area contributed by atoms with Crippen LogP contribution in [0.5, 0.6) is 11.5 Å². The Bertz CT molecular complexity index is 603. The molecule has 0 unspecified atom stereocenters. The van der Waals surface area contributed by atoms with Crippen LogP contribution in [0.3, 0.4) is 0 Å². The van der Waals surface area contributed by atoms with E-state index in [1.807, 2.05) is 29.1 Å². The lowest BCUT2D eigenvalue weighted by Crippen LogP contribution is -1.99. The topological polar surface area (TPSA) is 62.3 Å². The highest BCUT2D eigenvalue weighted by Gasteiger charge is 2.26. The molecule has 1 aliphatic rings. The monoisotopic (exact) mass is 259 g/mol. The van der Waals surface area contributed by atoms with Crippen molar-refractivity contribution in [2.75, 3.05) is 20.0 Å². The molecule has 2 N–H and O–H groups in total. The van der Waals surface area contributed by atoms with Crippen molar-refractivity contribution < 1.29 is 9.47 Å². The fourth-order valence-corrected chi connectivity index (χ4v) is 2.22. The zero-order valence-electron chi connectivity index (χ0n) is 11.1. The molecular weight excluding hydrogens is 242 g/mol. The third kappa shape index (κ3) is 2.01. The van der Waals surface area contributed by atoms with Crippen LogP contribution in [0.4, 0.5) is 5.82 Å². The van der Waals surface area contributed by atoms with Crippen molar-refractivity contribution in [2.45, 2.75) is 18.9 Å². The summed E-state index contributed by atoms with van der Waals surface area (Å²) in [5, 5.41) is 0. The zero-order chi connectivity index (χ0) is 13.4. The minimum atomic E-state index is 0.529. The lowest BCUT2D eigenvalue weighted by molar-refractivity contribution is 0.355. The largest absolute Gasteiger partial charge is 0.493 e. The Kier molecular flexibility index (Phi) is 2.81. The summed E-state index contributed by atoms with van der Waals surface area (Å²) in [4.78, 5) is 4.42. The first kappa shape index (κ1) is 11.9. The molecule has 0 radical (unpaired) electrons. The van der Waals surface area contributed by atoms with Crippen molar-refractivity contribution in [2.24, 2.45) is 0 Å². The van der Waals surface area contributed by atoms with E-state index in [-0.39, 0.29) is 0 Å². The van der Waals surface area contributed by atoms with E-state index in [9.17, 15) is 0 Å². The first-order chi connectivity index (χ1) is 9.24. The van der Waals surface area contributed by atoms with E-state index in [1.165, 1.54) is 12.8 Å². The van der Waals surface area contributed by atoms with Gasteiger partial charge >= 0.3 is 0 Å². The Morgan fingerprint density at radius 3 is 2.58 bits per heavy atom. The fourth-order valence-electron chi connectivity index (χ4n) is 2.22. The number of imidazole rings is 1. The summed E-state index contributed by atoms with van der Waals surface area (Å²) in [7, 11) is 3.24. The zero-order valence-corrected chi connectivity index (χ0v) is 11.1. The Morgan fingerprint density at radius 2 is 1.95 bits per heavy atom. The highest BCUT2D eigenvalue weighted by molar-refractivity contribution is 5.73. The summed E-state index contributed by atoms with van der Waals surface area (Å²) in [6, 6.07) is 6.23. The van der Waals surface area contributed by atoms with Gasteiger partial charge in [-0.05, 0) is 31.0 Å². The smallest absolute Gasteiger partial charge is 0.161 e. The van der Waals surface area contributed by atoms with Crippen LogP contribution in [-0.4, -0.2) is 23.8 Å². The number of nitrogens with zero attached hydrogens (tertiary/aromatic N) is 2. The first-order valence-corrected chi connectivity index (χ1v) is 6.29. The lowest BCUT2D eigenvalue weighted by Gasteiger charge is -2.09. The highest BCUT2D eigenvalue weighted by atomic mass is 16.5. The van der Waals surface area contributed by atoms with Crippen molar-refractivity contribution in [1.29, 1.82) is 0 Å². The Morgan fingerprint density at radius 1 is 1.21 bits per heavy atom. The molecule has 1 heterocycles. The fraction of sp³-hybridized carbons (Fsp3) is 0.357. The SMILES string of the molecule is COc1ccc(-c2ncn(C3CC3)c2N)cc1OC. The number of aromatic nitrogens is 2. The molecule has 0 atom stereocenters. The molecule has 0 bridgehead atoms. The van der Waals surface area contributed by atoms with E-state index in [1.54, 1.807) is 14.2 Å². The number of ether oxygens (including phenoxy) is 2. The molecule has 1 aromatic carbocycles. The van der Waals surface area contributed by atoms with Crippen LogP contribution in [0.15, 0.2) is 24.5 Å². The van der Waals surface area contributed by atoms with Crippen molar-refractivity contribution in [3.63, 3.8) is 0 Å². The predicted octanol–water partition coefficient (Wildman–Crippen LogP) is 2.48. The van der Waals surface area contributed by atoms with Gasteiger partial charge in [0.05, 0.1) is 20.5 Å². The van der Waals surface area contributed by atoms with E-state index in [0.29, 0.717) is 17.5 Å². The van der Waals surface area contributed by atoms with Crippen molar-refractivity contribution in [3.8, 4) is 22.8 Å². The third-order valence-electron chi connectivity index (χ3n) is 3.43. The maximum absolute atomic E-state index is 6.17. The van der Waals surface area contributed by atoms with Gasteiger partial charge in [0.1, 0.15) is 11.5 Å². The molecule has 0 spiro atoms. The van der Waals surface area contributed by atoms with Crippen LogP contribution in [0.25, 0.3) is 11.3 Å². The summed E-state index contributed by atoms with van der Waals surface area (Å²) >= 11 is 0. The average molecular weight is 259 g/mol. The van der Waals surface area contributed by atoms with Gasteiger partial charge in [0.15, 0.2) is 11.5 Å². The van der Waals surface area contributed by atoms with Crippen LogP contribution < -0.4 is 15.2 Å². The van der Waals surface area contributed by atoms with E-state index in [2.05, 4.69) is 4.98 Å². The maximum atomic E-state index is 6.17. The van der Waals surface area contributed by atoms with Crippen molar-refractivity contribution in [1.82, 2.24) is 9.55 Å². The molecule has 0 saturated heterocycles. The van der Waals surface area contributed by atoms with Gasteiger partial charge in [-0.3, -0.25) is 0 Å². The molecule has 5 nitrogen and oxygen atoms in total. The predicted molar refractivity (Wildman–Crippen MR) is 73.5 cm³/mol. The second-order valence-corrected chi connectivity index (χ2v) is 4.69. The van der Waals surface area contributed by atoms with Gasteiger partial charge in [0.2, 0.25) is 0 Å². The first-order valence-electron chi connectivity index (χ1n) is 6.29. The van der Waals surface area contributed by atoms with E-state index < -0.39 is 0 Å². The average Bonchev–Trinajstić information content (AvgIpc) is 3.21. The summed E-state index contributed by atoms with van der Waals surface area (Å²) in [5.41, 5.74) is 7.91. The van der Waals surface area contributed by atoms with Gasteiger partial charge in [0, 0.05) is 11.6 Å². The second-order valence-electron chi connectivity index (χ2n) is 4.69. The summed E-state index contributed by atoms with van der Waals surface area (Å²) in [5.74, 6) is 2.10. The van der Waals surface area contributed by atoms with E-state index in [4.69, 9.17) is 15.2 Å². The van der Waals surface area contributed by atoms with Crippen LogP contribution >= 0.6 is 0 Å². The van der Waals surface area contributed by atoms with E-state index >= 15 is 0 Å². The molecule has 0 amide bonds. The minimum Gasteiger partial charge on any atom is -0.493 e. The Hall–Kier alpha value is -2.17. The van der Waals surface area contributed by atoms with Gasteiger partial charge in [-0.25, -0.2) is 4.98 Å². The number of rotatable bonds is 4. The molecule has 1 aromatic heterocycles. The van der Waals surface area contributed by atoms with Crippen LogP contribution in [0.2, 0.25) is 0 Å². The molecule has 1 fully saturated rings. The molecular formula is C14H17N3O2. The van der Waals surface area contributed by atoms with Crippen molar-refractivity contribution >= 4 is 5.82 Å². The molecule has 5 heteroatoms. The van der Waals surface area contributed by atoms with Gasteiger partial charge in [-0.15, -0.1) is 0 Å². The Labute approximate surface area is 112 Å². The summed E-state index contributed by atoms with van der Waals surface area (Å²) in [6.45, 7) is 0. The number of nitrogen functional groups attached to an aromatic ring is 1. The summed E-state index contributed by atoms with van der Waals surface area (Å²) in [6.07, 6.45) is 4.19. The minimum absolute atomic E-state index is 0.529. The standard InChI is InChI=1S/C14H17N3O2/c1-18-11-6-3-9(7-12(11)19-2)13-14(15)17(8-16-13)10-4-5-10/h3,6-8,10H,4-5,15H2,1-2H3. The second kappa shape index (κ2) is 4.50. The van der Waals surface area contributed by atoms with Crippen LogP contribution in [-0.2, 0) is 0 Å². The number of hydrogen-bond donors (Lipinski definition) is 1. The van der Waals surface area contributed by atoms with Gasteiger partial charge in [-0.1, -0.05) is 0 Å². The lowest BCUT2D eigenvalue weighted by atomic mass is 10.1. The third-order valence-corrected chi connectivity index (χ3v) is 3.43. The molecule has 2 aromatic rings. The molecule has 1 aliphatic carbocycles. The number of nitrogens with two attached hydrogens (primary N) is 1. The Balaban J connectivity index is 2.01.